The van der Waals surface area contributed by atoms with Crippen LogP contribution in [0.4, 0.5) is 4.39 Å². The summed E-state index contributed by atoms with van der Waals surface area (Å²) in [7, 11) is -7.02. The molecule has 20 heavy (non-hydrogen) atoms. The molecule has 1 fully saturated rings. The van der Waals surface area contributed by atoms with Crippen LogP contribution in [0.3, 0.4) is 0 Å². The highest BCUT2D eigenvalue weighted by Gasteiger charge is 2.32. The molecule has 1 aromatic rings. The Kier molecular flexibility index (Phi) is 3.92. The minimum absolute atomic E-state index is 0.0123. The van der Waals surface area contributed by atoms with E-state index in [9.17, 15) is 21.2 Å². The molecule has 0 aliphatic carbocycles. The van der Waals surface area contributed by atoms with E-state index in [4.69, 9.17) is 0 Å². The van der Waals surface area contributed by atoms with E-state index in [1.807, 2.05) is 0 Å². The van der Waals surface area contributed by atoms with Gasteiger partial charge in [0.15, 0.2) is 9.84 Å². The van der Waals surface area contributed by atoms with Crippen LogP contribution < -0.4 is 4.72 Å². The molecule has 1 heterocycles. The maximum Gasteiger partial charge on any atom is 0.241 e. The van der Waals surface area contributed by atoms with Crippen LogP contribution in [0.1, 0.15) is 17.5 Å². The summed E-state index contributed by atoms with van der Waals surface area (Å²) >= 11 is 0. The number of rotatable bonds is 3. The lowest BCUT2D eigenvalue weighted by molar-refractivity contribution is 0.560. The molecule has 1 aliphatic rings. The summed E-state index contributed by atoms with van der Waals surface area (Å²) in [5.41, 5.74) is 0.603. The smallest absolute Gasteiger partial charge is 0.229 e. The molecule has 5 nitrogen and oxygen atoms in total. The van der Waals surface area contributed by atoms with E-state index in [2.05, 4.69) is 4.72 Å². The molecule has 1 atom stereocenters. The van der Waals surface area contributed by atoms with Gasteiger partial charge in [0.2, 0.25) is 10.0 Å². The molecular weight excluding hydrogens is 305 g/mol. The van der Waals surface area contributed by atoms with Gasteiger partial charge in [0, 0.05) is 6.04 Å². The van der Waals surface area contributed by atoms with Crippen LogP contribution in [0.5, 0.6) is 0 Å². The van der Waals surface area contributed by atoms with Gasteiger partial charge >= 0.3 is 0 Å². The van der Waals surface area contributed by atoms with Crippen molar-refractivity contribution in [1.82, 2.24) is 4.72 Å². The van der Waals surface area contributed by atoms with Crippen LogP contribution in [-0.2, 0) is 19.9 Å². The maximum absolute atomic E-state index is 13.2. The second-order valence-corrected chi connectivity index (χ2v) is 8.97. The summed E-state index contributed by atoms with van der Waals surface area (Å²) in [6.45, 7) is 3.02. The van der Waals surface area contributed by atoms with Crippen LogP contribution >= 0.6 is 0 Å². The van der Waals surface area contributed by atoms with E-state index in [1.54, 1.807) is 0 Å². The van der Waals surface area contributed by atoms with Gasteiger partial charge in [0.25, 0.3) is 0 Å². The van der Waals surface area contributed by atoms with Crippen molar-refractivity contribution in [2.75, 3.05) is 11.5 Å². The summed E-state index contributed by atoms with van der Waals surface area (Å²) in [5.74, 6) is -0.699. The van der Waals surface area contributed by atoms with E-state index in [0.717, 1.165) is 12.1 Å². The third kappa shape index (κ3) is 3.18. The molecule has 0 saturated carbocycles. The number of sulfone groups is 1. The number of aryl methyl sites for hydroxylation is 2. The Labute approximate surface area is 118 Å². The van der Waals surface area contributed by atoms with Crippen molar-refractivity contribution in [3.05, 3.63) is 29.1 Å². The quantitative estimate of drug-likeness (QED) is 0.897. The largest absolute Gasteiger partial charge is 0.241 e. The molecule has 1 saturated heterocycles. The van der Waals surface area contributed by atoms with Gasteiger partial charge in [-0.3, -0.25) is 0 Å². The second kappa shape index (κ2) is 5.09. The highest BCUT2D eigenvalue weighted by molar-refractivity contribution is 7.92. The van der Waals surface area contributed by atoms with Gasteiger partial charge in [-0.25, -0.2) is 25.9 Å². The fraction of sp³-hybridized carbons (Fsp3) is 0.500. The lowest BCUT2D eigenvalue weighted by Gasteiger charge is -2.15. The number of benzene rings is 1. The Morgan fingerprint density at radius 1 is 1.25 bits per heavy atom. The van der Waals surface area contributed by atoms with Crippen LogP contribution in [0.2, 0.25) is 0 Å². The zero-order chi connectivity index (χ0) is 15.1. The van der Waals surface area contributed by atoms with Crippen molar-refractivity contribution >= 4 is 19.9 Å². The molecule has 1 aliphatic heterocycles. The van der Waals surface area contributed by atoms with E-state index < -0.39 is 31.7 Å². The molecule has 0 bridgehead atoms. The van der Waals surface area contributed by atoms with Gasteiger partial charge in [-0.05, 0) is 43.5 Å². The Morgan fingerprint density at radius 3 is 2.25 bits per heavy atom. The maximum atomic E-state index is 13.2. The minimum atomic E-state index is -3.85. The number of hydrogen-bond donors (Lipinski definition) is 1. The summed E-state index contributed by atoms with van der Waals surface area (Å²) in [4.78, 5) is 0.0168. The lowest BCUT2D eigenvalue weighted by Crippen LogP contribution is -2.36. The van der Waals surface area contributed by atoms with Gasteiger partial charge < -0.3 is 0 Å². The standard InChI is InChI=1S/C12H16FNO4S2/c1-8-5-10(13)6-9(2)12(8)20(17,18)14-11-3-4-19(15,16)7-11/h5-6,11,14H,3-4,7H2,1-2H3. The molecule has 0 amide bonds. The fourth-order valence-corrected chi connectivity index (χ4v) is 5.99. The summed E-state index contributed by atoms with van der Waals surface area (Å²) in [6, 6.07) is 1.67. The van der Waals surface area contributed by atoms with Gasteiger partial charge in [0.05, 0.1) is 16.4 Å². The number of hydrogen-bond acceptors (Lipinski definition) is 4. The molecule has 2 rings (SSSR count). The normalized spacial score (nSPS) is 22.1. The minimum Gasteiger partial charge on any atom is -0.229 e. The number of sulfonamides is 1. The molecule has 1 N–H and O–H groups in total. The first-order valence-corrected chi connectivity index (χ1v) is 9.41. The second-order valence-electron chi connectivity index (χ2n) is 5.09. The fourth-order valence-electron chi connectivity index (χ4n) is 2.49. The number of halogens is 1. The highest BCUT2D eigenvalue weighted by Crippen LogP contribution is 2.23. The van der Waals surface area contributed by atoms with Gasteiger partial charge in [-0.2, -0.15) is 0 Å². The van der Waals surface area contributed by atoms with Crippen LogP contribution in [-0.4, -0.2) is 34.4 Å². The van der Waals surface area contributed by atoms with Gasteiger partial charge in [-0.15, -0.1) is 0 Å². The van der Waals surface area contributed by atoms with Crippen molar-refractivity contribution in [2.24, 2.45) is 0 Å². The van der Waals surface area contributed by atoms with E-state index in [-0.39, 0.29) is 22.8 Å². The predicted octanol–water partition coefficient (Wildman–Crippen LogP) is 0.908. The molecule has 0 radical (unpaired) electrons. The summed E-state index contributed by atoms with van der Waals surface area (Å²) in [6.07, 6.45) is 0.265. The molecular formula is C12H16FNO4S2. The molecule has 1 aromatic carbocycles. The first-order valence-electron chi connectivity index (χ1n) is 6.10. The Morgan fingerprint density at radius 2 is 1.80 bits per heavy atom. The van der Waals surface area contributed by atoms with Crippen molar-refractivity contribution in [1.29, 1.82) is 0 Å². The molecule has 8 heteroatoms. The topological polar surface area (TPSA) is 80.3 Å². The van der Waals surface area contributed by atoms with E-state index >= 15 is 0 Å². The molecule has 0 aromatic heterocycles. The summed E-state index contributed by atoms with van der Waals surface area (Å²) < 4.78 is 63.0. The zero-order valence-electron chi connectivity index (χ0n) is 11.2. The van der Waals surface area contributed by atoms with E-state index in [1.165, 1.54) is 13.8 Å². The predicted molar refractivity (Wildman–Crippen MR) is 73.3 cm³/mol. The van der Waals surface area contributed by atoms with Crippen molar-refractivity contribution < 1.29 is 21.2 Å². The van der Waals surface area contributed by atoms with Gasteiger partial charge in [0.1, 0.15) is 5.82 Å². The Balaban J connectivity index is 2.33. The van der Waals surface area contributed by atoms with Crippen molar-refractivity contribution in [3.8, 4) is 0 Å². The zero-order valence-corrected chi connectivity index (χ0v) is 12.8. The van der Waals surface area contributed by atoms with E-state index in [0.29, 0.717) is 11.1 Å². The van der Waals surface area contributed by atoms with Crippen molar-refractivity contribution in [2.45, 2.75) is 31.2 Å². The first kappa shape index (κ1) is 15.4. The van der Waals surface area contributed by atoms with Gasteiger partial charge in [-0.1, -0.05) is 0 Å². The average molecular weight is 321 g/mol. The summed E-state index contributed by atoms with van der Waals surface area (Å²) in [5, 5.41) is 0. The monoisotopic (exact) mass is 321 g/mol. The van der Waals surface area contributed by atoms with Crippen LogP contribution in [0.15, 0.2) is 17.0 Å². The SMILES string of the molecule is Cc1cc(F)cc(C)c1S(=O)(=O)NC1CCS(=O)(=O)C1. The molecule has 1 unspecified atom stereocenters. The van der Waals surface area contributed by atoms with Crippen molar-refractivity contribution in [3.63, 3.8) is 0 Å². The third-order valence-electron chi connectivity index (χ3n) is 3.25. The van der Waals surface area contributed by atoms with Crippen LogP contribution in [0.25, 0.3) is 0 Å². The Bertz CT molecular complexity index is 718. The highest BCUT2D eigenvalue weighted by atomic mass is 32.2. The Hall–Kier alpha value is -0.990. The van der Waals surface area contributed by atoms with Crippen LogP contribution in [0, 0.1) is 19.7 Å². The lowest BCUT2D eigenvalue weighted by atomic mass is 10.1. The first-order chi connectivity index (χ1) is 9.11. The average Bonchev–Trinajstić information content (AvgIpc) is 2.54. The number of nitrogens with one attached hydrogen (secondary N) is 1. The molecule has 112 valence electrons. The molecule has 0 spiro atoms. The third-order valence-corrected chi connectivity index (χ3v) is 6.84.